The van der Waals surface area contributed by atoms with Crippen LogP contribution >= 0.6 is 15.9 Å². The van der Waals surface area contributed by atoms with Gasteiger partial charge in [-0.05, 0) is 34.5 Å². The maximum atomic E-state index is 11.9. The minimum absolute atomic E-state index is 0.242. The lowest BCUT2D eigenvalue weighted by atomic mass is 10.2. The zero-order valence-corrected chi connectivity index (χ0v) is 13.3. The number of rotatable bonds is 4. The van der Waals surface area contributed by atoms with Crippen LogP contribution in [0.25, 0.3) is 0 Å². The lowest BCUT2D eigenvalue weighted by Gasteiger charge is -2.06. The summed E-state index contributed by atoms with van der Waals surface area (Å²) in [6.45, 7) is 2.04. The minimum Gasteiger partial charge on any atom is -0.345 e. The van der Waals surface area contributed by atoms with Gasteiger partial charge in [-0.1, -0.05) is 13.3 Å². The third-order valence-corrected chi connectivity index (χ3v) is 3.31. The van der Waals surface area contributed by atoms with Crippen LogP contribution in [0, 0.1) is 0 Å². The Kier molecular flexibility index (Phi) is 4.79. The van der Waals surface area contributed by atoms with Gasteiger partial charge in [0.2, 0.25) is 0 Å². The molecular weight excluding hydrogens is 338 g/mol. The van der Waals surface area contributed by atoms with Gasteiger partial charge >= 0.3 is 0 Å². The van der Waals surface area contributed by atoms with Gasteiger partial charge in [0, 0.05) is 23.4 Å². The number of hydrazine groups is 1. The molecule has 2 aromatic heterocycles. The number of halogens is 1. The number of hydrogen-bond acceptors (Lipinski definition) is 3. The lowest BCUT2D eigenvalue weighted by Crippen LogP contribution is -2.42. The SMILES string of the molecule is CCCc1cc(C(=O)NNC(=O)c2cc(Br)cn2C)n[nH]1. The van der Waals surface area contributed by atoms with Crippen molar-refractivity contribution in [3.05, 3.63) is 39.9 Å². The van der Waals surface area contributed by atoms with Crippen molar-refractivity contribution in [3.8, 4) is 0 Å². The summed E-state index contributed by atoms with van der Waals surface area (Å²) >= 11 is 3.28. The van der Waals surface area contributed by atoms with Crippen LogP contribution in [0.4, 0.5) is 0 Å². The number of aryl methyl sites for hydroxylation is 2. The van der Waals surface area contributed by atoms with Crippen molar-refractivity contribution in [2.45, 2.75) is 19.8 Å². The smallest absolute Gasteiger partial charge is 0.290 e. The molecule has 0 unspecified atom stereocenters. The highest BCUT2D eigenvalue weighted by Gasteiger charge is 2.14. The van der Waals surface area contributed by atoms with Crippen molar-refractivity contribution >= 4 is 27.7 Å². The van der Waals surface area contributed by atoms with Crippen molar-refractivity contribution in [2.24, 2.45) is 7.05 Å². The lowest BCUT2D eigenvalue weighted by molar-refractivity contribution is 0.0839. The number of carbonyl (C=O) groups excluding carboxylic acids is 2. The summed E-state index contributed by atoms with van der Waals surface area (Å²) in [4.78, 5) is 23.8. The fraction of sp³-hybridized carbons (Fsp3) is 0.308. The van der Waals surface area contributed by atoms with Crippen LogP contribution in [0.5, 0.6) is 0 Å². The molecule has 0 aromatic carbocycles. The third kappa shape index (κ3) is 3.72. The molecule has 0 aliphatic heterocycles. The average Bonchev–Trinajstić information content (AvgIpc) is 3.03. The number of H-pyrrole nitrogens is 1. The van der Waals surface area contributed by atoms with E-state index in [4.69, 9.17) is 0 Å². The number of nitrogens with zero attached hydrogens (tertiary/aromatic N) is 2. The Morgan fingerprint density at radius 3 is 2.67 bits per heavy atom. The van der Waals surface area contributed by atoms with Gasteiger partial charge in [-0.3, -0.25) is 25.5 Å². The number of carbonyl (C=O) groups is 2. The Hall–Kier alpha value is -2.09. The summed E-state index contributed by atoms with van der Waals surface area (Å²) < 4.78 is 2.44. The normalized spacial score (nSPS) is 10.4. The van der Waals surface area contributed by atoms with Crippen molar-refractivity contribution in [3.63, 3.8) is 0 Å². The maximum absolute atomic E-state index is 11.9. The number of aromatic amines is 1. The Labute approximate surface area is 130 Å². The highest BCUT2D eigenvalue weighted by molar-refractivity contribution is 9.10. The van der Waals surface area contributed by atoms with E-state index in [-0.39, 0.29) is 5.69 Å². The molecule has 2 rings (SSSR count). The first kappa shape index (κ1) is 15.3. The molecule has 3 N–H and O–H groups in total. The molecule has 0 bridgehead atoms. The van der Waals surface area contributed by atoms with Crippen LogP contribution < -0.4 is 10.9 Å². The summed E-state index contributed by atoms with van der Waals surface area (Å²) in [6.07, 6.45) is 3.54. The zero-order valence-electron chi connectivity index (χ0n) is 11.7. The second-order valence-electron chi connectivity index (χ2n) is 4.59. The van der Waals surface area contributed by atoms with E-state index >= 15 is 0 Å². The first-order valence-electron chi connectivity index (χ1n) is 6.48. The molecule has 0 saturated heterocycles. The summed E-state index contributed by atoms with van der Waals surface area (Å²) in [6, 6.07) is 3.33. The fourth-order valence-corrected chi connectivity index (χ4v) is 2.39. The van der Waals surface area contributed by atoms with Crippen molar-refractivity contribution in [1.82, 2.24) is 25.6 Å². The molecule has 0 fully saturated rings. The quantitative estimate of drug-likeness (QED) is 0.728. The van der Waals surface area contributed by atoms with Crippen LogP contribution in [-0.4, -0.2) is 26.6 Å². The summed E-state index contributed by atoms with van der Waals surface area (Å²) in [5.74, 6) is -0.865. The fourth-order valence-electron chi connectivity index (χ4n) is 1.87. The maximum Gasteiger partial charge on any atom is 0.290 e. The first-order chi connectivity index (χ1) is 10.0. The summed E-state index contributed by atoms with van der Waals surface area (Å²) in [7, 11) is 1.74. The molecule has 8 heteroatoms. The van der Waals surface area contributed by atoms with Gasteiger partial charge in [0.25, 0.3) is 11.8 Å². The largest absolute Gasteiger partial charge is 0.345 e. The zero-order chi connectivity index (χ0) is 15.4. The minimum atomic E-state index is -0.463. The number of hydrogen-bond donors (Lipinski definition) is 3. The van der Waals surface area contributed by atoms with Crippen LogP contribution in [0.3, 0.4) is 0 Å². The molecule has 0 atom stereocenters. The molecule has 2 heterocycles. The molecule has 112 valence electrons. The van der Waals surface area contributed by atoms with E-state index in [1.807, 2.05) is 6.92 Å². The second-order valence-corrected chi connectivity index (χ2v) is 5.51. The molecule has 0 spiro atoms. The van der Waals surface area contributed by atoms with Crippen LogP contribution in [0.1, 0.15) is 40.0 Å². The predicted octanol–water partition coefficient (Wildman–Crippen LogP) is 1.54. The topological polar surface area (TPSA) is 91.8 Å². The van der Waals surface area contributed by atoms with E-state index in [0.717, 1.165) is 23.0 Å². The van der Waals surface area contributed by atoms with Gasteiger partial charge in [0.1, 0.15) is 5.69 Å². The highest BCUT2D eigenvalue weighted by Crippen LogP contribution is 2.13. The Morgan fingerprint density at radius 1 is 1.33 bits per heavy atom. The average molecular weight is 354 g/mol. The van der Waals surface area contributed by atoms with E-state index in [1.54, 1.807) is 29.9 Å². The van der Waals surface area contributed by atoms with Crippen molar-refractivity contribution < 1.29 is 9.59 Å². The van der Waals surface area contributed by atoms with Gasteiger partial charge in [-0.2, -0.15) is 5.10 Å². The van der Waals surface area contributed by atoms with Gasteiger partial charge < -0.3 is 4.57 Å². The van der Waals surface area contributed by atoms with Gasteiger partial charge in [0.15, 0.2) is 5.69 Å². The Balaban J connectivity index is 1.94. The van der Waals surface area contributed by atoms with E-state index in [1.165, 1.54) is 0 Å². The number of nitrogens with one attached hydrogen (secondary N) is 3. The molecule has 0 radical (unpaired) electrons. The molecule has 0 saturated carbocycles. The van der Waals surface area contributed by atoms with Gasteiger partial charge in [0.05, 0.1) is 0 Å². The molecule has 21 heavy (non-hydrogen) atoms. The predicted molar refractivity (Wildman–Crippen MR) is 80.6 cm³/mol. The van der Waals surface area contributed by atoms with Gasteiger partial charge in [-0.25, -0.2) is 0 Å². The Bertz CT molecular complexity index is 661. The number of amides is 2. The van der Waals surface area contributed by atoms with Crippen molar-refractivity contribution in [1.29, 1.82) is 0 Å². The highest BCUT2D eigenvalue weighted by atomic mass is 79.9. The van der Waals surface area contributed by atoms with Crippen LogP contribution in [0.15, 0.2) is 22.8 Å². The standard InChI is InChI=1S/C13H16BrN5O2/c1-3-4-9-6-10(16-15-9)12(20)17-18-13(21)11-5-8(14)7-19(11)2/h5-7H,3-4H2,1-2H3,(H,15,16)(H,17,20)(H,18,21). The van der Waals surface area contributed by atoms with E-state index in [0.29, 0.717) is 5.69 Å². The van der Waals surface area contributed by atoms with Gasteiger partial charge in [-0.15, -0.1) is 0 Å². The monoisotopic (exact) mass is 353 g/mol. The number of aromatic nitrogens is 3. The molecule has 2 amide bonds. The molecule has 0 aliphatic carbocycles. The summed E-state index contributed by atoms with van der Waals surface area (Å²) in [5.41, 5.74) is 6.26. The van der Waals surface area contributed by atoms with E-state index < -0.39 is 11.8 Å². The molecule has 0 aliphatic rings. The van der Waals surface area contributed by atoms with E-state index in [2.05, 4.69) is 37.0 Å². The molecule has 7 nitrogen and oxygen atoms in total. The van der Waals surface area contributed by atoms with E-state index in [9.17, 15) is 9.59 Å². The molecule has 2 aromatic rings. The third-order valence-electron chi connectivity index (χ3n) is 2.88. The summed E-state index contributed by atoms with van der Waals surface area (Å²) in [5, 5.41) is 6.69. The van der Waals surface area contributed by atoms with Crippen LogP contribution in [0.2, 0.25) is 0 Å². The second kappa shape index (κ2) is 6.57. The Morgan fingerprint density at radius 2 is 2.05 bits per heavy atom. The van der Waals surface area contributed by atoms with Crippen molar-refractivity contribution in [2.75, 3.05) is 0 Å². The first-order valence-corrected chi connectivity index (χ1v) is 7.27. The molecular formula is C13H16BrN5O2. The van der Waals surface area contributed by atoms with Crippen LogP contribution in [-0.2, 0) is 13.5 Å².